The average molecular weight is 620 g/mol. The Balaban J connectivity index is 0.000000271. The number of halogens is 1. The van der Waals surface area contributed by atoms with Crippen LogP contribution in [0.3, 0.4) is 0 Å². The smallest absolute Gasteiger partial charge is 0.0611 e. The molecule has 0 atom stereocenters. The highest BCUT2D eigenvalue weighted by molar-refractivity contribution is 9.09. The van der Waals surface area contributed by atoms with E-state index in [4.69, 9.17) is 4.74 Å². The van der Waals surface area contributed by atoms with Gasteiger partial charge in [-0.3, -0.25) is 0 Å². The summed E-state index contributed by atoms with van der Waals surface area (Å²) in [6.07, 6.45) is 24.5. The number of ether oxygens (including phenoxy) is 1. The van der Waals surface area contributed by atoms with Crippen molar-refractivity contribution in [3.8, 4) is 0 Å². The molecular formula is C33H55BrN4O2. The Kier molecular flexibility index (Phi) is 16.6. The molecule has 0 spiro atoms. The van der Waals surface area contributed by atoms with Crippen LogP contribution >= 0.6 is 15.9 Å². The minimum Gasteiger partial charge on any atom is -0.378 e. The number of nitrogens with one attached hydrogen (secondary N) is 1. The Morgan fingerprint density at radius 1 is 0.700 bits per heavy atom. The molecule has 3 aromatic heterocycles. The van der Waals surface area contributed by atoms with Gasteiger partial charge in [0.05, 0.1) is 6.10 Å². The third-order valence-corrected chi connectivity index (χ3v) is 7.95. The molecule has 1 aliphatic rings. The number of unbranched alkanes of at least 4 members (excludes halogenated alkanes) is 6. The van der Waals surface area contributed by atoms with Gasteiger partial charge in [-0.05, 0) is 103 Å². The van der Waals surface area contributed by atoms with Crippen LogP contribution in [-0.2, 0) is 17.8 Å². The first-order valence-corrected chi connectivity index (χ1v) is 16.3. The van der Waals surface area contributed by atoms with Gasteiger partial charge in [0.1, 0.15) is 0 Å². The van der Waals surface area contributed by atoms with E-state index in [1.54, 1.807) is 0 Å². The van der Waals surface area contributed by atoms with E-state index in [0.29, 0.717) is 0 Å². The largest absolute Gasteiger partial charge is 0.378 e. The van der Waals surface area contributed by atoms with Crippen molar-refractivity contribution >= 4 is 15.9 Å². The number of nitrogens with zero attached hydrogens (tertiary/aromatic N) is 3. The molecule has 6 nitrogen and oxygen atoms in total. The molecule has 0 amide bonds. The third-order valence-electron chi connectivity index (χ3n) is 7.39. The number of hydroxylamine groups is 2. The van der Waals surface area contributed by atoms with Gasteiger partial charge in [0.15, 0.2) is 0 Å². The van der Waals surface area contributed by atoms with E-state index in [-0.39, 0.29) is 17.2 Å². The second-order valence-corrected chi connectivity index (χ2v) is 12.9. The van der Waals surface area contributed by atoms with Gasteiger partial charge in [0.25, 0.3) is 0 Å². The number of aromatic amines is 1. The van der Waals surface area contributed by atoms with Crippen LogP contribution in [0.15, 0.2) is 73.6 Å². The Morgan fingerprint density at radius 2 is 1.15 bits per heavy atom. The Morgan fingerprint density at radius 3 is 1.57 bits per heavy atom. The van der Waals surface area contributed by atoms with Crippen molar-refractivity contribution in [1.82, 2.24) is 19.2 Å². The lowest BCUT2D eigenvalue weighted by molar-refractivity contribution is -0.261. The lowest BCUT2D eigenvalue weighted by atomic mass is 9.80. The van der Waals surface area contributed by atoms with Crippen molar-refractivity contribution in [2.45, 2.75) is 122 Å². The third kappa shape index (κ3) is 14.2. The molecule has 4 heterocycles. The molecule has 1 aliphatic heterocycles. The maximum absolute atomic E-state index is 10.3. The summed E-state index contributed by atoms with van der Waals surface area (Å²) >= 11 is 3.43. The summed E-state index contributed by atoms with van der Waals surface area (Å²) < 4.78 is 10.6. The van der Waals surface area contributed by atoms with Crippen molar-refractivity contribution in [3.05, 3.63) is 73.6 Å². The van der Waals surface area contributed by atoms with Crippen molar-refractivity contribution < 1.29 is 9.94 Å². The molecule has 1 fully saturated rings. The number of piperidine rings is 1. The SMILES string of the molecule is BrCCCCCCn1cccc1.CC1(C)CC(OCCCCCCn2cccc2)CC(C)(C)N1O.c1cc[nH]c1. The van der Waals surface area contributed by atoms with Crippen molar-refractivity contribution in [2.75, 3.05) is 11.9 Å². The second kappa shape index (κ2) is 19.3. The topological polar surface area (TPSA) is 58.4 Å². The maximum Gasteiger partial charge on any atom is 0.0611 e. The highest BCUT2D eigenvalue weighted by Gasteiger charge is 2.45. The van der Waals surface area contributed by atoms with Crippen molar-refractivity contribution in [2.24, 2.45) is 0 Å². The fourth-order valence-corrected chi connectivity index (χ4v) is 5.75. The summed E-state index contributed by atoms with van der Waals surface area (Å²) in [7, 11) is 0. The van der Waals surface area contributed by atoms with Crippen LogP contribution in [-0.4, -0.2) is 53.5 Å². The van der Waals surface area contributed by atoms with Crippen LogP contribution in [0.5, 0.6) is 0 Å². The first-order valence-electron chi connectivity index (χ1n) is 15.2. The van der Waals surface area contributed by atoms with Gasteiger partial charge < -0.3 is 24.1 Å². The second-order valence-electron chi connectivity index (χ2n) is 12.1. The zero-order chi connectivity index (χ0) is 29.1. The summed E-state index contributed by atoms with van der Waals surface area (Å²) in [6.45, 7) is 11.5. The molecule has 0 unspecified atom stereocenters. The zero-order valence-electron chi connectivity index (χ0n) is 25.5. The maximum atomic E-state index is 10.3. The van der Waals surface area contributed by atoms with Gasteiger partial charge in [-0.25, -0.2) is 0 Å². The van der Waals surface area contributed by atoms with Crippen LogP contribution in [0.25, 0.3) is 0 Å². The van der Waals surface area contributed by atoms with Gasteiger partial charge in [-0.2, -0.15) is 5.06 Å². The van der Waals surface area contributed by atoms with E-state index < -0.39 is 0 Å². The predicted octanol–water partition coefficient (Wildman–Crippen LogP) is 8.93. The van der Waals surface area contributed by atoms with Crippen LogP contribution in [0.4, 0.5) is 0 Å². The number of hydrogen-bond donors (Lipinski definition) is 2. The number of H-pyrrole nitrogens is 1. The van der Waals surface area contributed by atoms with E-state index in [1.807, 2.05) is 24.5 Å². The molecule has 0 radical (unpaired) electrons. The highest BCUT2D eigenvalue weighted by Crippen LogP contribution is 2.37. The molecule has 0 aliphatic carbocycles. The predicted molar refractivity (Wildman–Crippen MR) is 171 cm³/mol. The van der Waals surface area contributed by atoms with E-state index >= 15 is 0 Å². The first kappa shape index (κ1) is 34.4. The average Bonchev–Trinajstić information content (AvgIpc) is 3.72. The number of rotatable bonds is 14. The molecular weight excluding hydrogens is 564 g/mol. The molecule has 0 bridgehead atoms. The number of aryl methyl sites for hydroxylation is 2. The number of aromatic nitrogens is 3. The summed E-state index contributed by atoms with van der Waals surface area (Å²) in [5.41, 5.74) is -0.438. The summed E-state index contributed by atoms with van der Waals surface area (Å²) in [4.78, 5) is 2.86. The van der Waals surface area contributed by atoms with Gasteiger partial charge in [0, 0.05) is 73.3 Å². The van der Waals surface area contributed by atoms with Crippen LogP contribution < -0.4 is 0 Å². The molecule has 2 N–H and O–H groups in total. The van der Waals surface area contributed by atoms with Crippen molar-refractivity contribution in [3.63, 3.8) is 0 Å². The van der Waals surface area contributed by atoms with E-state index in [0.717, 1.165) is 37.7 Å². The van der Waals surface area contributed by atoms with Crippen molar-refractivity contribution in [1.29, 1.82) is 0 Å². The number of alkyl halides is 1. The molecule has 226 valence electrons. The van der Waals surface area contributed by atoms with E-state index in [1.165, 1.54) is 56.6 Å². The fraction of sp³-hybridized carbons (Fsp3) is 0.636. The minimum absolute atomic E-state index is 0.219. The molecule has 3 aromatic rings. The van der Waals surface area contributed by atoms with E-state index in [9.17, 15) is 5.21 Å². The minimum atomic E-state index is -0.219. The van der Waals surface area contributed by atoms with E-state index in [2.05, 4.69) is 107 Å². The van der Waals surface area contributed by atoms with Gasteiger partial charge in [0.2, 0.25) is 0 Å². The fourth-order valence-electron chi connectivity index (χ4n) is 5.36. The molecule has 1 saturated heterocycles. The normalized spacial score (nSPS) is 16.6. The lowest BCUT2D eigenvalue weighted by Crippen LogP contribution is -2.60. The highest BCUT2D eigenvalue weighted by atomic mass is 79.9. The molecule has 4 rings (SSSR count). The number of hydrogen-bond acceptors (Lipinski definition) is 3. The Labute approximate surface area is 252 Å². The van der Waals surface area contributed by atoms with Crippen LogP contribution in [0, 0.1) is 0 Å². The summed E-state index contributed by atoms with van der Waals surface area (Å²) in [6, 6.07) is 12.2. The Bertz CT molecular complexity index is 904. The standard InChI is InChI=1S/C19H34N2O2.C10H16BrN.C4H5N/c1-18(2)15-17(16-19(3,4)21(18)22)23-14-10-6-5-7-11-20-12-8-9-13-20;11-7-3-1-2-4-8-12-9-5-6-10-12;1-2-4-5-3-1/h8-9,12-13,17,22H,5-7,10-11,14-16H2,1-4H3;5-6,9-10H,1-4,7-8H2;1-5H. The van der Waals surface area contributed by atoms with Crippen LogP contribution in [0.2, 0.25) is 0 Å². The zero-order valence-corrected chi connectivity index (χ0v) is 27.1. The van der Waals surface area contributed by atoms with Crippen LogP contribution in [0.1, 0.15) is 91.9 Å². The molecule has 7 heteroatoms. The van der Waals surface area contributed by atoms with Gasteiger partial charge >= 0.3 is 0 Å². The monoisotopic (exact) mass is 618 g/mol. The lowest BCUT2D eigenvalue weighted by Gasteiger charge is -2.51. The summed E-state index contributed by atoms with van der Waals surface area (Å²) in [5.74, 6) is 0. The quantitative estimate of drug-likeness (QED) is 0.140. The summed E-state index contributed by atoms with van der Waals surface area (Å²) in [5, 5.41) is 13.0. The van der Waals surface area contributed by atoms with Gasteiger partial charge in [-0.15, -0.1) is 0 Å². The van der Waals surface area contributed by atoms with Gasteiger partial charge in [-0.1, -0.05) is 41.6 Å². The molecule has 40 heavy (non-hydrogen) atoms. The first-order chi connectivity index (χ1) is 19.2. The molecule has 0 aromatic carbocycles. The Hall–Kier alpha value is -1.80. The molecule has 0 saturated carbocycles.